The minimum atomic E-state index is -0.650. The Bertz CT molecular complexity index is 803. The van der Waals surface area contributed by atoms with Crippen molar-refractivity contribution in [2.24, 2.45) is 0 Å². The summed E-state index contributed by atoms with van der Waals surface area (Å²) >= 11 is 2.29. The van der Waals surface area contributed by atoms with E-state index in [1.54, 1.807) is 0 Å². The predicted molar refractivity (Wildman–Crippen MR) is 114 cm³/mol. The van der Waals surface area contributed by atoms with Gasteiger partial charge in [-0.15, -0.1) is 0 Å². The van der Waals surface area contributed by atoms with E-state index in [1.807, 2.05) is 30.3 Å². The standard InChI is InChI=1S/C23H25IO2/c1-4-22(2,3)18-9-7-17(8-10-18)21(25)26-23(15-5-6-16-23)19-11-13-20(24)14-12-19/h5,7-15H,4,6,16H2,1-3H3. The molecule has 0 fully saturated rings. The van der Waals surface area contributed by atoms with E-state index >= 15 is 0 Å². The van der Waals surface area contributed by atoms with Crippen LogP contribution in [0.15, 0.2) is 60.7 Å². The molecular weight excluding hydrogens is 435 g/mol. The van der Waals surface area contributed by atoms with Crippen molar-refractivity contribution in [2.45, 2.75) is 51.0 Å². The quantitative estimate of drug-likeness (QED) is 0.294. The fourth-order valence-electron chi connectivity index (χ4n) is 3.26. The maximum Gasteiger partial charge on any atom is 0.339 e. The summed E-state index contributed by atoms with van der Waals surface area (Å²) < 4.78 is 7.20. The first-order valence-corrected chi connectivity index (χ1v) is 10.2. The van der Waals surface area contributed by atoms with Crippen LogP contribution >= 0.6 is 22.6 Å². The first-order chi connectivity index (χ1) is 12.4. The van der Waals surface area contributed by atoms with Gasteiger partial charge in [0.15, 0.2) is 5.60 Å². The summed E-state index contributed by atoms with van der Waals surface area (Å²) in [6.07, 6.45) is 6.89. The smallest absolute Gasteiger partial charge is 0.339 e. The van der Waals surface area contributed by atoms with E-state index in [9.17, 15) is 4.79 Å². The number of allylic oxidation sites excluding steroid dienone is 1. The van der Waals surface area contributed by atoms with E-state index in [-0.39, 0.29) is 11.4 Å². The van der Waals surface area contributed by atoms with E-state index in [2.05, 4.69) is 73.7 Å². The zero-order chi connectivity index (χ0) is 18.8. The SMILES string of the molecule is CCC(C)(C)c1ccc(C(=O)OC2(c3ccc(I)cc3)C=CCC2)cc1. The largest absolute Gasteiger partial charge is 0.446 e. The third kappa shape index (κ3) is 3.88. The van der Waals surface area contributed by atoms with Gasteiger partial charge in [0, 0.05) is 3.57 Å². The van der Waals surface area contributed by atoms with Crippen LogP contribution in [0.1, 0.15) is 61.5 Å². The molecule has 0 radical (unpaired) electrons. The Hall–Kier alpha value is -1.62. The third-order valence-electron chi connectivity index (χ3n) is 5.46. The summed E-state index contributed by atoms with van der Waals surface area (Å²) in [5.74, 6) is -0.268. The van der Waals surface area contributed by atoms with Crippen LogP contribution in [0.3, 0.4) is 0 Å². The molecule has 2 aromatic carbocycles. The number of ether oxygens (including phenoxy) is 1. The van der Waals surface area contributed by atoms with Crippen LogP contribution in [0.4, 0.5) is 0 Å². The molecule has 1 atom stereocenters. The molecule has 1 aliphatic carbocycles. The van der Waals surface area contributed by atoms with Crippen molar-refractivity contribution in [3.8, 4) is 0 Å². The van der Waals surface area contributed by atoms with Crippen molar-refractivity contribution in [3.05, 3.63) is 80.9 Å². The molecule has 0 spiro atoms. The van der Waals surface area contributed by atoms with Crippen molar-refractivity contribution in [1.29, 1.82) is 0 Å². The van der Waals surface area contributed by atoms with E-state index < -0.39 is 5.60 Å². The van der Waals surface area contributed by atoms with Gasteiger partial charge in [0.25, 0.3) is 0 Å². The highest BCUT2D eigenvalue weighted by Gasteiger charge is 2.36. The molecule has 0 aliphatic heterocycles. The molecule has 0 amide bonds. The molecule has 0 N–H and O–H groups in total. The van der Waals surface area contributed by atoms with Crippen LogP contribution in [0.5, 0.6) is 0 Å². The first-order valence-electron chi connectivity index (χ1n) is 9.14. The van der Waals surface area contributed by atoms with E-state index in [4.69, 9.17) is 4.74 Å². The first kappa shape index (κ1) is 19.2. The van der Waals surface area contributed by atoms with Crippen molar-refractivity contribution in [2.75, 3.05) is 0 Å². The Morgan fingerprint density at radius 1 is 1.12 bits per heavy atom. The molecule has 0 aromatic heterocycles. The number of benzene rings is 2. The van der Waals surface area contributed by atoms with E-state index in [0.717, 1.165) is 24.8 Å². The zero-order valence-electron chi connectivity index (χ0n) is 15.6. The highest BCUT2D eigenvalue weighted by atomic mass is 127. The van der Waals surface area contributed by atoms with Crippen LogP contribution in [0.25, 0.3) is 0 Å². The maximum atomic E-state index is 12.8. The monoisotopic (exact) mass is 460 g/mol. The lowest BCUT2D eigenvalue weighted by molar-refractivity contribution is 0.00177. The molecule has 26 heavy (non-hydrogen) atoms. The van der Waals surface area contributed by atoms with Gasteiger partial charge >= 0.3 is 5.97 Å². The number of rotatable bonds is 5. The minimum Gasteiger partial charge on any atom is -0.446 e. The normalized spacial score (nSPS) is 19.5. The van der Waals surface area contributed by atoms with Gasteiger partial charge in [-0.3, -0.25) is 0 Å². The van der Waals surface area contributed by atoms with Crippen LogP contribution < -0.4 is 0 Å². The summed E-state index contributed by atoms with van der Waals surface area (Å²) in [6, 6.07) is 16.1. The Morgan fingerprint density at radius 2 is 1.77 bits per heavy atom. The summed E-state index contributed by atoms with van der Waals surface area (Å²) in [4.78, 5) is 12.8. The Labute approximate surface area is 169 Å². The van der Waals surface area contributed by atoms with Crippen LogP contribution in [0.2, 0.25) is 0 Å². The second kappa shape index (κ2) is 7.55. The molecule has 0 saturated carbocycles. The van der Waals surface area contributed by atoms with Crippen LogP contribution in [-0.2, 0) is 15.8 Å². The lowest BCUT2D eigenvalue weighted by Gasteiger charge is -2.28. The van der Waals surface area contributed by atoms with Crippen molar-refractivity contribution in [1.82, 2.24) is 0 Å². The third-order valence-corrected chi connectivity index (χ3v) is 6.18. The van der Waals surface area contributed by atoms with Gasteiger partial charge in [0.05, 0.1) is 5.56 Å². The molecule has 2 aromatic rings. The molecule has 0 bridgehead atoms. The zero-order valence-corrected chi connectivity index (χ0v) is 17.7. The molecule has 0 heterocycles. The van der Waals surface area contributed by atoms with Crippen molar-refractivity contribution in [3.63, 3.8) is 0 Å². The minimum absolute atomic E-state index is 0.110. The highest BCUT2D eigenvalue weighted by molar-refractivity contribution is 14.1. The lowest BCUT2D eigenvalue weighted by Crippen LogP contribution is -2.28. The summed E-state index contributed by atoms with van der Waals surface area (Å²) in [7, 11) is 0. The predicted octanol–water partition coefficient (Wildman–Crippen LogP) is 6.38. The fraction of sp³-hybridized carbons (Fsp3) is 0.348. The Kier molecular flexibility index (Phi) is 5.56. The van der Waals surface area contributed by atoms with Gasteiger partial charge in [-0.1, -0.05) is 51.1 Å². The highest BCUT2D eigenvalue weighted by Crippen LogP contribution is 2.38. The van der Waals surface area contributed by atoms with Crippen LogP contribution in [0, 0.1) is 3.57 Å². The number of hydrogen-bond donors (Lipinski definition) is 0. The number of carbonyl (C=O) groups is 1. The average Bonchev–Trinajstić information content (AvgIpc) is 3.12. The molecule has 3 rings (SSSR count). The van der Waals surface area contributed by atoms with Crippen molar-refractivity contribution < 1.29 is 9.53 Å². The molecule has 1 aliphatic rings. The molecule has 3 heteroatoms. The summed E-state index contributed by atoms with van der Waals surface area (Å²) in [6.45, 7) is 6.62. The second-order valence-electron chi connectivity index (χ2n) is 7.54. The average molecular weight is 460 g/mol. The summed E-state index contributed by atoms with van der Waals surface area (Å²) in [5.41, 5.74) is 2.33. The number of halogens is 1. The Balaban J connectivity index is 1.83. The number of hydrogen-bond acceptors (Lipinski definition) is 2. The molecule has 1 unspecified atom stereocenters. The lowest BCUT2D eigenvalue weighted by atomic mass is 9.82. The molecule has 136 valence electrons. The maximum absolute atomic E-state index is 12.8. The van der Waals surface area contributed by atoms with Gasteiger partial charge in [0.1, 0.15) is 0 Å². The fourth-order valence-corrected chi connectivity index (χ4v) is 3.62. The van der Waals surface area contributed by atoms with Gasteiger partial charge in [-0.05, 0) is 88.7 Å². The summed E-state index contributed by atoms with van der Waals surface area (Å²) in [5, 5.41) is 0. The van der Waals surface area contributed by atoms with E-state index in [1.165, 1.54) is 9.13 Å². The molecule has 0 saturated heterocycles. The Morgan fingerprint density at radius 3 is 2.31 bits per heavy atom. The number of esters is 1. The van der Waals surface area contributed by atoms with Gasteiger partial charge in [0.2, 0.25) is 0 Å². The van der Waals surface area contributed by atoms with Gasteiger partial charge < -0.3 is 4.74 Å². The van der Waals surface area contributed by atoms with Gasteiger partial charge in [-0.25, -0.2) is 4.79 Å². The van der Waals surface area contributed by atoms with Crippen LogP contribution in [-0.4, -0.2) is 5.97 Å². The molecular formula is C23H25IO2. The van der Waals surface area contributed by atoms with Gasteiger partial charge in [-0.2, -0.15) is 0 Å². The molecule has 2 nitrogen and oxygen atoms in total. The topological polar surface area (TPSA) is 26.3 Å². The van der Waals surface area contributed by atoms with E-state index in [0.29, 0.717) is 5.56 Å². The second-order valence-corrected chi connectivity index (χ2v) is 8.79. The number of carbonyl (C=O) groups excluding carboxylic acids is 1. The van der Waals surface area contributed by atoms with Crippen molar-refractivity contribution >= 4 is 28.6 Å².